The number of nitrogens with zero attached hydrogens (tertiary/aromatic N) is 2. The molecule has 0 spiro atoms. The highest BCUT2D eigenvalue weighted by atomic mass is 14.9. The lowest BCUT2D eigenvalue weighted by atomic mass is 10.2. The van der Waals surface area contributed by atoms with Gasteiger partial charge in [-0.05, 0) is 30.7 Å². The van der Waals surface area contributed by atoms with Crippen molar-refractivity contribution in [2.45, 2.75) is 20.8 Å². The molecule has 0 N–H and O–H groups in total. The molecule has 0 aromatic carbocycles. The first-order valence-corrected chi connectivity index (χ1v) is 5.32. The summed E-state index contributed by atoms with van der Waals surface area (Å²) in [6.45, 7) is 6.09. The topological polar surface area (TPSA) is 17.8 Å². The first-order chi connectivity index (χ1) is 7.27. The van der Waals surface area contributed by atoms with Crippen LogP contribution in [0.1, 0.15) is 19.4 Å². The smallest absolute Gasteiger partial charge is 0.0866 e. The predicted molar refractivity (Wildman–Crippen MR) is 64.7 cm³/mol. The van der Waals surface area contributed by atoms with Crippen LogP contribution in [0.4, 0.5) is 0 Å². The zero-order valence-corrected chi connectivity index (χ0v) is 9.86. The van der Waals surface area contributed by atoms with Crippen molar-refractivity contribution < 1.29 is 0 Å². The van der Waals surface area contributed by atoms with Gasteiger partial charge in [0.2, 0.25) is 0 Å². The molecule has 0 bridgehead atoms. The molecule has 0 atom stereocenters. The molecule has 2 rings (SSSR count). The van der Waals surface area contributed by atoms with E-state index < -0.39 is 0 Å². The molecule has 0 unspecified atom stereocenters. The van der Waals surface area contributed by atoms with Crippen molar-refractivity contribution in [2.75, 3.05) is 0 Å². The largest absolute Gasteiger partial charge is 0.349 e. The van der Waals surface area contributed by atoms with E-state index in [4.69, 9.17) is 0 Å². The van der Waals surface area contributed by atoms with Crippen LogP contribution in [0.2, 0.25) is 0 Å². The third kappa shape index (κ3) is 2.69. The molecule has 2 heterocycles. The second-order valence-corrected chi connectivity index (χ2v) is 3.23. The molecular weight excluding hydrogens is 184 g/mol. The van der Waals surface area contributed by atoms with Gasteiger partial charge in [-0.1, -0.05) is 19.9 Å². The minimum atomic E-state index is 1.03. The lowest BCUT2D eigenvalue weighted by Gasteiger charge is -2.00. The quantitative estimate of drug-likeness (QED) is 0.692. The maximum absolute atomic E-state index is 4.30. The van der Waals surface area contributed by atoms with E-state index >= 15 is 0 Å². The normalized spacial score (nSPS) is 9.33. The van der Waals surface area contributed by atoms with Gasteiger partial charge < -0.3 is 4.57 Å². The molecule has 2 nitrogen and oxygen atoms in total. The maximum atomic E-state index is 4.30. The van der Waals surface area contributed by atoms with Gasteiger partial charge in [-0.15, -0.1) is 0 Å². The number of hydrogen-bond donors (Lipinski definition) is 0. The van der Waals surface area contributed by atoms with Crippen LogP contribution < -0.4 is 0 Å². The second kappa shape index (κ2) is 5.35. The van der Waals surface area contributed by atoms with Crippen molar-refractivity contribution in [3.05, 3.63) is 42.2 Å². The lowest BCUT2D eigenvalue weighted by Crippen LogP contribution is -1.90. The molecule has 2 aromatic rings. The lowest BCUT2D eigenvalue weighted by molar-refractivity contribution is 0.927. The predicted octanol–water partition coefficient (Wildman–Crippen LogP) is 3.42. The van der Waals surface area contributed by atoms with Crippen molar-refractivity contribution in [1.29, 1.82) is 0 Å². The number of rotatable bonds is 1. The van der Waals surface area contributed by atoms with Crippen LogP contribution in [-0.2, 0) is 7.05 Å². The molecule has 80 valence electrons. The van der Waals surface area contributed by atoms with Gasteiger partial charge in [0.05, 0.1) is 11.4 Å². The van der Waals surface area contributed by atoms with Gasteiger partial charge in [0.25, 0.3) is 0 Å². The van der Waals surface area contributed by atoms with E-state index in [1.54, 1.807) is 0 Å². The molecule has 0 saturated heterocycles. The van der Waals surface area contributed by atoms with Crippen LogP contribution in [0.25, 0.3) is 11.4 Å². The van der Waals surface area contributed by atoms with E-state index in [2.05, 4.69) is 28.7 Å². The summed E-state index contributed by atoms with van der Waals surface area (Å²) in [6, 6.07) is 8.10. The highest BCUT2D eigenvalue weighted by Crippen LogP contribution is 2.18. The zero-order chi connectivity index (χ0) is 11.3. The van der Waals surface area contributed by atoms with Gasteiger partial charge in [0.1, 0.15) is 0 Å². The molecule has 2 heteroatoms. The van der Waals surface area contributed by atoms with Crippen molar-refractivity contribution in [1.82, 2.24) is 9.55 Å². The molecule has 0 aliphatic rings. The average Bonchev–Trinajstić information content (AvgIpc) is 2.62. The molecule has 0 aliphatic carbocycles. The highest BCUT2D eigenvalue weighted by Gasteiger charge is 2.02. The molecule has 0 aliphatic heterocycles. The van der Waals surface area contributed by atoms with E-state index in [0.717, 1.165) is 11.4 Å². The molecule has 0 radical (unpaired) electrons. The van der Waals surface area contributed by atoms with Crippen molar-refractivity contribution in [3.63, 3.8) is 0 Å². The number of hydrogen-bond acceptors (Lipinski definition) is 1. The van der Waals surface area contributed by atoms with Crippen LogP contribution >= 0.6 is 0 Å². The Labute approximate surface area is 91.6 Å². The summed E-state index contributed by atoms with van der Waals surface area (Å²) in [7, 11) is 2.04. The first-order valence-electron chi connectivity index (χ1n) is 5.32. The van der Waals surface area contributed by atoms with Crippen LogP contribution in [-0.4, -0.2) is 9.55 Å². The van der Waals surface area contributed by atoms with Gasteiger partial charge in [-0.2, -0.15) is 0 Å². The minimum Gasteiger partial charge on any atom is -0.349 e. The van der Waals surface area contributed by atoms with Gasteiger partial charge in [0, 0.05) is 19.4 Å². The van der Waals surface area contributed by atoms with Gasteiger partial charge in [0.15, 0.2) is 0 Å². The molecule has 0 saturated carbocycles. The summed E-state index contributed by atoms with van der Waals surface area (Å²) >= 11 is 0. The van der Waals surface area contributed by atoms with E-state index in [1.165, 1.54) is 5.56 Å². The molecular formula is C13H18N2. The monoisotopic (exact) mass is 202 g/mol. The highest BCUT2D eigenvalue weighted by molar-refractivity contribution is 5.56. The summed E-state index contributed by atoms with van der Waals surface area (Å²) in [4.78, 5) is 4.30. The van der Waals surface area contributed by atoms with E-state index in [1.807, 2.05) is 45.3 Å². The zero-order valence-electron chi connectivity index (χ0n) is 9.86. The van der Waals surface area contributed by atoms with Crippen molar-refractivity contribution in [2.24, 2.45) is 7.05 Å². The summed E-state index contributed by atoms with van der Waals surface area (Å²) in [5.74, 6) is 0. The summed E-state index contributed by atoms with van der Waals surface area (Å²) in [5, 5.41) is 0. The number of aromatic nitrogens is 2. The van der Waals surface area contributed by atoms with Crippen LogP contribution in [0.15, 0.2) is 36.7 Å². The fourth-order valence-corrected chi connectivity index (χ4v) is 1.50. The van der Waals surface area contributed by atoms with Crippen LogP contribution in [0, 0.1) is 6.92 Å². The van der Waals surface area contributed by atoms with E-state index in [0.29, 0.717) is 0 Å². The van der Waals surface area contributed by atoms with Crippen molar-refractivity contribution >= 4 is 0 Å². The fraction of sp³-hybridized carbons (Fsp3) is 0.308. The Hall–Kier alpha value is -1.57. The van der Waals surface area contributed by atoms with Gasteiger partial charge >= 0.3 is 0 Å². The summed E-state index contributed by atoms with van der Waals surface area (Å²) in [6.07, 6.45) is 3.92. The van der Waals surface area contributed by atoms with Gasteiger partial charge in [-0.25, -0.2) is 0 Å². The maximum Gasteiger partial charge on any atom is 0.0866 e. The average molecular weight is 202 g/mol. The molecule has 2 aromatic heterocycles. The van der Waals surface area contributed by atoms with Crippen LogP contribution in [0.5, 0.6) is 0 Å². The molecule has 0 fully saturated rings. The Morgan fingerprint density at radius 3 is 2.40 bits per heavy atom. The molecule has 15 heavy (non-hydrogen) atoms. The Kier molecular flexibility index (Phi) is 4.10. The summed E-state index contributed by atoms with van der Waals surface area (Å²) < 4.78 is 2.09. The van der Waals surface area contributed by atoms with E-state index in [9.17, 15) is 0 Å². The first kappa shape index (κ1) is 11.5. The SMILES string of the molecule is CC.Cc1cc(-c2ccccn2)n(C)c1. The fourth-order valence-electron chi connectivity index (χ4n) is 1.50. The summed E-state index contributed by atoms with van der Waals surface area (Å²) in [5.41, 5.74) is 3.46. The Morgan fingerprint density at radius 1 is 1.20 bits per heavy atom. The second-order valence-electron chi connectivity index (χ2n) is 3.23. The third-order valence-corrected chi connectivity index (χ3v) is 2.07. The Balaban J connectivity index is 0.000000531. The Bertz CT molecular complexity index is 402. The standard InChI is InChI=1S/C11H12N2.C2H6/c1-9-7-11(13(2)8-9)10-5-3-4-6-12-10;1-2/h3-8H,1-2H3;1-2H3. The Morgan fingerprint density at radius 2 is 1.93 bits per heavy atom. The van der Waals surface area contributed by atoms with Crippen molar-refractivity contribution in [3.8, 4) is 11.4 Å². The van der Waals surface area contributed by atoms with E-state index in [-0.39, 0.29) is 0 Å². The third-order valence-electron chi connectivity index (χ3n) is 2.07. The number of pyridine rings is 1. The van der Waals surface area contributed by atoms with Crippen LogP contribution in [0.3, 0.4) is 0 Å². The minimum absolute atomic E-state index is 1.03. The molecule has 0 amide bonds. The van der Waals surface area contributed by atoms with Gasteiger partial charge in [-0.3, -0.25) is 4.98 Å². The number of aryl methyl sites for hydroxylation is 2.